The molecule has 1 aliphatic rings. The molecule has 0 unspecified atom stereocenters. The van der Waals surface area contributed by atoms with Crippen LogP contribution in [0, 0.1) is 6.92 Å². The Labute approximate surface area is 151 Å². The van der Waals surface area contributed by atoms with Gasteiger partial charge in [-0.1, -0.05) is 0 Å². The van der Waals surface area contributed by atoms with E-state index in [1.807, 2.05) is 18.4 Å². The Hall–Kier alpha value is -2.41. The zero-order chi connectivity index (χ0) is 18.0. The fourth-order valence-electron chi connectivity index (χ4n) is 3.01. The third-order valence-electron chi connectivity index (χ3n) is 4.31. The SMILES string of the molecule is Cc1csc(CN(C)C(=O)c2cc(C(N)=O)cc(N3CCCC3)c2)n1. The number of primary amides is 1. The average molecular weight is 358 g/mol. The van der Waals surface area contributed by atoms with Crippen molar-refractivity contribution >= 4 is 28.8 Å². The number of carbonyl (C=O) groups is 2. The van der Waals surface area contributed by atoms with Gasteiger partial charge >= 0.3 is 0 Å². The van der Waals surface area contributed by atoms with Crippen molar-refractivity contribution < 1.29 is 9.59 Å². The molecule has 0 bridgehead atoms. The normalized spacial score (nSPS) is 13.9. The lowest BCUT2D eigenvalue weighted by Crippen LogP contribution is -2.27. The summed E-state index contributed by atoms with van der Waals surface area (Å²) in [5, 5.41) is 2.85. The fourth-order valence-corrected chi connectivity index (χ4v) is 3.83. The maximum Gasteiger partial charge on any atom is 0.254 e. The molecule has 2 N–H and O–H groups in total. The highest BCUT2D eigenvalue weighted by Crippen LogP contribution is 2.24. The van der Waals surface area contributed by atoms with Gasteiger partial charge in [-0.05, 0) is 38.0 Å². The van der Waals surface area contributed by atoms with Crippen LogP contribution in [0.4, 0.5) is 5.69 Å². The Kier molecular flexibility index (Phi) is 5.03. The van der Waals surface area contributed by atoms with Crippen LogP contribution in [0.5, 0.6) is 0 Å². The van der Waals surface area contributed by atoms with Crippen LogP contribution in [0.2, 0.25) is 0 Å². The minimum absolute atomic E-state index is 0.142. The molecule has 1 saturated heterocycles. The summed E-state index contributed by atoms with van der Waals surface area (Å²) < 4.78 is 0. The van der Waals surface area contributed by atoms with Gasteiger partial charge in [-0.2, -0.15) is 0 Å². The van der Waals surface area contributed by atoms with Gasteiger partial charge in [0.15, 0.2) is 0 Å². The molecule has 6 nitrogen and oxygen atoms in total. The number of aryl methyl sites for hydroxylation is 1. The number of thiazole rings is 1. The highest BCUT2D eigenvalue weighted by molar-refractivity contribution is 7.09. The topological polar surface area (TPSA) is 79.5 Å². The standard InChI is InChI=1S/C18H22N4O2S/c1-12-11-25-16(20-12)10-21(2)18(24)14-7-13(17(19)23)8-15(9-14)22-5-3-4-6-22/h7-9,11H,3-6,10H2,1-2H3,(H2,19,23). The van der Waals surface area contributed by atoms with Crippen LogP contribution in [0.15, 0.2) is 23.6 Å². The molecule has 25 heavy (non-hydrogen) atoms. The van der Waals surface area contributed by atoms with Crippen molar-refractivity contribution in [1.29, 1.82) is 0 Å². The van der Waals surface area contributed by atoms with Crippen LogP contribution >= 0.6 is 11.3 Å². The Morgan fingerprint density at radius 1 is 1.24 bits per heavy atom. The van der Waals surface area contributed by atoms with Crippen LogP contribution in [-0.2, 0) is 6.54 Å². The molecule has 1 aliphatic heterocycles. The molecular weight excluding hydrogens is 336 g/mol. The Bertz CT molecular complexity index is 796. The highest BCUT2D eigenvalue weighted by Gasteiger charge is 2.20. The maximum atomic E-state index is 12.8. The zero-order valence-electron chi connectivity index (χ0n) is 14.5. The van der Waals surface area contributed by atoms with Gasteiger partial charge in [0, 0.05) is 48.0 Å². The molecular formula is C18H22N4O2S. The van der Waals surface area contributed by atoms with Gasteiger partial charge in [-0.25, -0.2) is 4.98 Å². The van der Waals surface area contributed by atoms with Gasteiger partial charge < -0.3 is 15.5 Å². The third kappa shape index (κ3) is 3.99. The number of hydrogen-bond acceptors (Lipinski definition) is 5. The molecule has 0 aliphatic carbocycles. The lowest BCUT2D eigenvalue weighted by molar-refractivity contribution is 0.0785. The number of anilines is 1. The van der Waals surface area contributed by atoms with Crippen molar-refractivity contribution in [3.05, 3.63) is 45.4 Å². The largest absolute Gasteiger partial charge is 0.371 e. The summed E-state index contributed by atoms with van der Waals surface area (Å²) in [5.41, 5.74) is 8.15. The van der Waals surface area contributed by atoms with Crippen molar-refractivity contribution in [2.24, 2.45) is 5.73 Å². The lowest BCUT2D eigenvalue weighted by Gasteiger charge is -2.21. The molecule has 1 aromatic heterocycles. The first kappa shape index (κ1) is 17.4. The molecule has 1 aromatic carbocycles. The van der Waals surface area contributed by atoms with E-state index in [4.69, 9.17) is 5.73 Å². The van der Waals surface area contributed by atoms with E-state index in [0.717, 1.165) is 42.3 Å². The number of hydrogen-bond donors (Lipinski definition) is 1. The summed E-state index contributed by atoms with van der Waals surface area (Å²) in [4.78, 5) is 32.7. The summed E-state index contributed by atoms with van der Waals surface area (Å²) in [5.74, 6) is -0.662. The number of benzene rings is 1. The van der Waals surface area contributed by atoms with E-state index in [2.05, 4.69) is 9.88 Å². The fraction of sp³-hybridized carbons (Fsp3) is 0.389. The molecule has 0 atom stereocenters. The van der Waals surface area contributed by atoms with E-state index in [9.17, 15) is 9.59 Å². The molecule has 0 spiro atoms. The molecule has 3 rings (SSSR count). The number of aromatic nitrogens is 1. The summed E-state index contributed by atoms with van der Waals surface area (Å²) in [6, 6.07) is 5.20. The van der Waals surface area contributed by atoms with E-state index < -0.39 is 5.91 Å². The molecule has 0 saturated carbocycles. The molecule has 2 heterocycles. The van der Waals surface area contributed by atoms with Crippen LogP contribution in [0.3, 0.4) is 0 Å². The third-order valence-corrected chi connectivity index (χ3v) is 5.26. The van der Waals surface area contributed by atoms with Gasteiger partial charge in [0.2, 0.25) is 5.91 Å². The minimum Gasteiger partial charge on any atom is -0.371 e. The lowest BCUT2D eigenvalue weighted by atomic mass is 10.1. The van der Waals surface area contributed by atoms with Crippen LogP contribution < -0.4 is 10.6 Å². The maximum absolute atomic E-state index is 12.8. The molecule has 132 valence electrons. The number of rotatable bonds is 5. The van der Waals surface area contributed by atoms with Crippen LogP contribution in [0.1, 0.15) is 44.3 Å². The monoisotopic (exact) mass is 358 g/mol. The van der Waals surface area contributed by atoms with E-state index >= 15 is 0 Å². The van der Waals surface area contributed by atoms with Crippen LogP contribution in [0.25, 0.3) is 0 Å². The first-order valence-corrected chi connectivity index (χ1v) is 9.18. The minimum atomic E-state index is -0.520. The summed E-state index contributed by atoms with van der Waals surface area (Å²) >= 11 is 1.53. The van der Waals surface area contributed by atoms with Crippen molar-refractivity contribution in [2.75, 3.05) is 25.0 Å². The smallest absolute Gasteiger partial charge is 0.254 e. The van der Waals surface area contributed by atoms with Crippen molar-refractivity contribution in [3.8, 4) is 0 Å². The first-order valence-electron chi connectivity index (χ1n) is 8.30. The number of carbonyl (C=O) groups excluding carboxylic acids is 2. The number of amides is 2. The predicted molar refractivity (Wildman–Crippen MR) is 99.1 cm³/mol. The summed E-state index contributed by atoms with van der Waals surface area (Å²) in [7, 11) is 1.74. The highest BCUT2D eigenvalue weighted by atomic mass is 32.1. The summed E-state index contributed by atoms with van der Waals surface area (Å²) in [6.45, 7) is 4.24. The van der Waals surface area contributed by atoms with E-state index in [1.54, 1.807) is 24.1 Å². The Morgan fingerprint density at radius 2 is 1.92 bits per heavy atom. The van der Waals surface area contributed by atoms with Crippen LogP contribution in [-0.4, -0.2) is 41.8 Å². The summed E-state index contributed by atoms with van der Waals surface area (Å²) in [6.07, 6.45) is 2.24. The van der Waals surface area contributed by atoms with Crippen molar-refractivity contribution in [1.82, 2.24) is 9.88 Å². The molecule has 0 radical (unpaired) electrons. The van der Waals surface area contributed by atoms with E-state index in [1.165, 1.54) is 11.3 Å². The second-order valence-corrected chi connectivity index (χ2v) is 7.31. The van der Waals surface area contributed by atoms with Crippen molar-refractivity contribution in [3.63, 3.8) is 0 Å². The predicted octanol–water partition coefficient (Wildman–Crippen LogP) is 2.42. The molecule has 1 fully saturated rings. The number of nitrogens with zero attached hydrogens (tertiary/aromatic N) is 3. The van der Waals surface area contributed by atoms with Gasteiger partial charge in [0.05, 0.1) is 6.54 Å². The zero-order valence-corrected chi connectivity index (χ0v) is 15.3. The van der Waals surface area contributed by atoms with E-state index in [-0.39, 0.29) is 5.91 Å². The quantitative estimate of drug-likeness (QED) is 0.890. The molecule has 7 heteroatoms. The second-order valence-electron chi connectivity index (χ2n) is 6.37. The second kappa shape index (κ2) is 7.23. The number of nitrogens with two attached hydrogens (primary N) is 1. The molecule has 2 aromatic rings. The van der Waals surface area contributed by atoms with Gasteiger partial charge in [0.25, 0.3) is 5.91 Å². The van der Waals surface area contributed by atoms with Crippen molar-refractivity contribution in [2.45, 2.75) is 26.3 Å². The van der Waals surface area contributed by atoms with E-state index in [0.29, 0.717) is 17.7 Å². The Morgan fingerprint density at radius 3 is 2.52 bits per heavy atom. The van der Waals surface area contributed by atoms with Gasteiger partial charge in [-0.15, -0.1) is 11.3 Å². The Balaban J connectivity index is 1.86. The van der Waals surface area contributed by atoms with Gasteiger partial charge in [0.1, 0.15) is 5.01 Å². The molecule has 2 amide bonds. The van der Waals surface area contributed by atoms with Gasteiger partial charge in [-0.3, -0.25) is 9.59 Å². The average Bonchev–Trinajstić information content (AvgIpc) is 3.25. The first-order chi connectivity index (χ1) is 11.9.